The molecule has 2 aliphatic heterocycles. The van der Waals surface area contributed by atoms with Crippen molar-refractivity contribution in [2.24, 2.45) is 23.5 Å². The van der Waals surface area contributed by atoms with Crippen molar-refractivity contribution in [3.8, 4) is 0 Å². The van der Waals surface area contributed by atoms with Crippen molar-refractivity contribution in [2.75, 3.05) is 13.6 Å². The first-order valence-corrected chi connectivity index (χ1v) is 13.9. The molecule has 0 aromatic heterocycles. The Labute approximate surface area is 236 Å². The van der Waals surface area contributed by atoms with Gasteiger partial charge in [0.25, 0.3) is 0 Å². The van der Waals surface area contributed by atoms with Gasteiger partial charge in [-0.2, -0.15) is 0 Å². The highest BCUT2D eigenvalue weighted by molar-refractivity contribution is 5.86. The Morgan fingerprint density at radius 2 is 1.80 bits per heavy atom. The molecule has 0 aromatic carbocycles. The highest BCUT2D eigenvalue weighted by atomic mass is 16.7. The van der Waals surface area contributed by atoms with E-state index in [4.69, 9.17) is 19.9 Å². The van der Waals surface area contributed by atoms with Crippen LogP contribution in [-0.2, 0) is 23.8 Å². The molecule has 9 N–H and O–H groups in total. The number of rotatable bonds is 12. The van der Waals surface area contributed by atoms with Crippen molar-refractivity contribution in [3.05, 3.63) is 12.2 Å². The number of aliphatic hydroxyl groups is 5. The minimum absolute atomic E-state index is 0.0722. The summed E-state index contributed by atoms with van der Waals surface area (Å²) < 4.78 is 17.8. The van der Waals surface area contributed by atoms with Gasteiger partial charge in [-0.25, -0.2) is 0 Å². The zero-order valence-corrected chi connectivity index (χ0v) is 24.3. The molecule has 0 spiro atoms. The first-order chi connectivity index (χ1) is 18.6. The SMILES string of the molecule is CNC(=O)CNC(=O)[C@H]1[C@H](C[C@H](/C=C/C(C)C)OC2OC(C)C(O)C(N)C2O)O[C@](O)(C[C@@H](O)C(C)C)C[C@@H]1O. The van der Waals surface area contributed by atoms with Crippen LogP contribution in [0.2, 0.25) is 0 Å². The molecule has 0 radical (unpaired) electrons. The predicted molar refractivity (Wildman–Crippen MR) is 144 cm³/mol. The van der Waals surface area contributed by atoms with Gasteiger partial charge in [-0.05, 0) is 18.8 Å². The van der Waals surface area contributed by atoms with Gasteiger partial charge in [0, 0.05) is 26.3 Å². The van der Waals surface area contributed by atoms with Crippen molar-refractivity contribution < 1.29 is 49.3 Å². The molecule has 0 saturated carbocycles. The Bertz CT molecular complexity index is 858. The van der Waals surface area contributed by atoms with Crippen molar-refractivity contribution in [3.63, 3.8) is 0 Å². The monoisotopic (exact) mass is 575 g/mol. The third kappa shape index (κ3) is 9.43. The lowest BCUT2D eigenvalue weighted by Crippen LogP contribution is -2.62. The van der Waals surface area contributed by atoms with E-state index in [0.29, 0.717) is 0 Å². The topological polar surface area (TPSA) is 213 Å². The van der Waals surface area contributed by atoms with Crippen LogP contribution in [0.4, 0.5) is 0 Å². The number of hydrogen-bond acceptors (Lipinski definition) is 11. The van der Waals surface area contributed by atoms with Crippen molar-refractivity contribution >= 4 is 11.8 Å². The first kappa shape index (κ1) is 34.5. The zero-order valence-electron chi connectivity index (χ0n) is 24.3. The molecular weight excluding hydrogens is 526 g/mol. The molecule has 2 heterocycles. The summed E-state index contributed by atoms with van der Waals surface area (Å²) in [7, 11) is 1.42. The minimum atomic E-state index is -1.94. The second kappa shape index (κ2) is 15.0. The number of amides is 2. The quantitative estimate of drug-likeness (QED) is 0.125. The zero-order chi connectivity index (χ0) is 30.4. The van der Waals surface area contributed by atoms with E-state index in [1.165, 1.54) is 7.05 Å². The van der Waals surface area contributed by atoms with E-state index in [2.05, 4.69) is 10.6 Å². The summed E-state index contributed by atoms with van der Waals surface area (Å²) in [5.41, 5.74) is 5.96. The molecule has 40 heavy (non-hydrogen) atoms. The fourth-order valence-electron chi connectivity index (χ4n) is 4.82. The Kier molecular flexibility index (Phi) is 12.9. The van der Waals surface area contributed by atoms with Gasteiger partial charge in [-0.1, -0.05) is 39.8 Å². The largest absolute Gasteiger partial charge is 0.393 e. The van der Waals surface area contributed by atoms with Gasteiger partial charge >= 0.3 is 0 Å². The molecule has 5 unspecified atom stereocenters. The Morgan fingerprint density at radius 1 is 1.15 bits per heavy atom. The van der Waals surface area contributed by atoms with Crippen LogP contribution in [0.3, 0.4) is 0 Å². The summed E-state index contributed by atoms with van der Waals surface area (Å²) in [6.45, 7) is 8.71. The standard InChI is InChI=1S/C27H49N3O10/c1-13(2)7-8-16(39-26-24(35)22(28)23(34)15(5)38-26)9-19-21(25(36)30-12-20(33)29-6)18(32)11-27(37,40-19)10-17(31)14(3)4/h7-8,13-19,21-24,26,31-32,34-35,37H,9-12,28H2,1-6H3,(H,29,33)(H,30,36)/b8-7+/t15?,16-,17+,18-,19-,21+,22?,23?,24?,26?,27+/m0/s1. The molecule has 232 valence electrons. The summed E-state index contributed by atoms with van der Waals surface area (Å²) in [4.78, 5) is 24.9. The molecule has 0 aliphatic carbocycles. The van der Waals surface area contributed by atoms with Crippen LogP contribution in [-0.4, -0.2) is 112 Å². The smallest absolute Gasteiger partial charge is 0.239 e. The van der Waals surface area contributed by atoms with Crippen molar-refractivity contribution in [1.82, 2.24) is 10.6 Å². The number of carbonyl (C=O) groups is 2. The number of aliphatic hydroxyl groups excluding tert-OH is 4. The number of nitrogens with two attached hydrogens (primary N) is 1. The maximum atomic E-state index is 13.2. The van der Waals surface area contributed by atoms with E-state index in [1.54, 1.807) is 26.8 Å². The lowest BCUT2D eigenvalue weighted by molar-refractivity contribution is -0.307. The Hall–Kier alpha value is -1.68. The lowest BCUT2D eigenvalue weighted by atomic mass is 9.81. The van der Waals surface area contributed by atoms with Gasteiger partial charge in [-0.15, -0.1) is 0 Å². The molecule has 2 rings (SSSR count). The average Bonchev–Trinajstić information content (AvgIpc) is 2.86. The Morgan fingerprint density at radius 3 is 2.38 bits per heavy atom. The molecule has 11 atom stereocenters. The van der Waals surface area contributed by atoms with Gasteiger partial charge < -0.3 is 56.1 Å². The Balaban J connectivity index is 2.37. The molecular formula is C27H49N3O10. The molecule has 2 amide bonds. The summed E-state index contributed by atoms with van der Waals surface area (Å²) in [5.74, 6) is -4.33. The van der Waals surface area contributed by atoms with E-state index >= 15 is 0 Å². The normalized spacial score (nSPS) is 36.5. The van der Waals surface area contributed by atoms with Crippen LogP contribution in [0.5, 0.6) is 0 Å². The number of nitrogens with one attached hydrogen (secondary N) is 2. The lowest BCUT2D eigenvalue weighted by Gasteiger charge is -2.46. The highest BCUT2D eigenvalue weighted by Gasteiger charge is 2.50. The van der Waals surface area contributed by atoms with E-state index in [-0.39, 0.29) is 37.6 Å². The highest BCUT2D eigenvalue weighted by Crippen LogP contribution is 2.38. The second-order valence-corrected chi connectivity index (χ2v) is 11.6. The van der Waals surface area contributed by atoms with E-state index < -0.39 is 78.6 Å². The molecule has 2 aliphatic rings. The summed E-state index contributed by atoms with van der Waals surface area (Å²) in [6, 6.07) is -1.03. The van der Waals surface area contributed by atoms with Crippen LogP contribution >= 0.6 is 0 Å². The first-order valence-electron chi connectivity index (χ1n) is 13.9. The van der Waals surface area contributed by atoms with Crippen LogP contribution in [0.25, 0.3) is 0 Å². The predicted octanol–water partition coefficient (Wildman–Crippen LogP) is -1.51. The third-order valence-electron chi connectivity index (χ3n) is 7.40. The van der Waals surface area contributed by atoms with Gasteiger partial charge in [-0.3, -0.25) is 9.59 Å². The summed E-state index contributed by atoms with van der Waals surface area (Å²) in [6.07, 6.45) is -5.76. The van der Waals surface area contributed by atoms with E-state index in [0.717, 1.165) is 0 Å². The molecule has 13 heteroatoms. The maximum Gasteiger partial charge on any atom is 0.239 e. The summed E-state index contributed by atoms with van der Waals surface area (Å²) in [5, 5.41) is 58.5. The fourth-order valence-corrected chi connectivity index (χ4v) is 4.82. The van der Waals surface area contributed by atoms with Crippen LogP contribution < -0.4 is 16.4 Å². The molecule has 0 bridgehead atoms. The molecule has 0 aromatic rings. The number of hydrogen-bond donors (Lipinski definition) is 8. The maximum absolute atomic E-state index is 13.2. The van der Waals surface area contributed by atoms with Crippen molar-refractivity contribution in [2.45, 2.75) is 115 Å². The van der Waals surface area contributed by atoms with Gasteiger partial charge in [0.2, 0.25) is 11.8 Å². The van der Waals surface area contributed by atoms with Crippen LogP contribution in [0, 0.1) is 17.8 Å². The number of carbonyl (C=O) groups excluding carboxylic acids is 2. The average molecular weight is 576 g/mol. The minimum Gasteiger partial charge on any atom is -0.393 e. The van der Waals surface area contributed by atoms with E-state index in [9.17, 15) is 35.1 Å². The number of allylic oxidation sites excluding steroid dienone is 1. The van der Waals surface area contributed by atoms with Gasteiger partial charge in [0.1, 0.15) is 6.10 Å². The van der Waals surface area contributed by atoms with Gasteiger partial charge in [0.05, 0.1) is 55.1 Å². The van der Waals surface area contributed by atoms with Crippen LogP contribution in [0.1, 0.15) is 53.9 Å². The van der Waals surface area contributed by atoms with Gasteiger partial charge in [0.15, 0.2) is 12.1 Å². The van der Waals surface area contributed by atoms with Crippen molar-refractivity contribution in [1.29, 1.82) is 0 Å². The van der Waals surface area contributed by atoms with E-state index in [1.807, 2.05) is 19.9 Å². The molecule has 2 fully saturated rings. The van der Waals surface area contributed by atoms with Crippen LogP contribution in [0.15, 0.2) is 12.2 Å². The molecule has 13 nitrogen and oxygen atoms in total. The number of likely N-dealkylation sites (N-methyl/N-ethyl adjacent to an activating group) is 1. The second-order valence-electron chi connectivity index (χ2n) is 11.6. The third-order valence-corrected chi connectivity index (χ3v) is 7.40. The fraction of sp³-hybridized carbons (Fsp3) is 0.852. The number of ether oxygens (including phenoxy) is 3. The summed E-state index contributed by atoms with van der Waals surface area (Å²) >= 11 is 0. The molecule has 2 saturated heterocycles.